The first-order chi connectivity index (χ1) is 11.3. The van der Waals surface area contributed by atoms with Crippen molar-refractivity contribution in [3.05, 3.63) is 51.3 Å². The van der Waals surface area contributed by atoms with Gasteiger partial charge in [-0.15, -0.1) is 22.7 Å². The highest BCUT2D eigenvalue weighted by atomic mass is 32.1. The zero-order chi connectivity index (χ0) is 17.3. The van der Waals surface area contributed by atoms with Crippen molar-refractivity contribution in [2.45, 2.75) is 13.1 Å². The molecule has 1 amide bonds. The first kappa shape index (κ1) is 16.6. The van der Waals surface area contributed by atoms with E-state index in [2.05, 4.69) is 15.3 Å². The van der Waals surface area contributed by atoms with Gasteiger partial charge >= 0.3 is 6.18 Å². The molecule has 24 heavy (non-hydrogen) atoms. The molecule has 3 aromatic rings. The van der Waals surface area contributed by atoms with Crippen LogP contribution >= 0.6 is 22.7 Å². The Labute approximate surface area is 143 Å². The van der Waals surface area contributed by atoms with Gasteiger partial charge in [-0.05, 0) is 6.92 Å². The molecule has 0 radical (unpaired) electrons. The van der Waals surface area contributed by atoms with Gasteiger partial charge in [0.15, 0.2) is 10.8 Å². The number of hydrogen-bond donors (Lipinski definition) is 1. The van der Waals surface area contributed by atoms with E-state index in [0.29, 0.717) is 17.0 Å². The van der Waals surface area contributed by atoms with Crippen molar-refractivity contribution in [1.82, 2.24) is 9.97 Å². The van der Waals surface area contributed by atoms with E-state index in [1.54, 1.807) is 5.38 Å². The van der Waals surface area contributed by atoms with Crippen LogP contribution in [0.5, 0.6) is 0 Å². The van der Waals surface area contributed by atoms with Crippen LogP contribution in [0.4, 0.5) is 18.3 Å². The van der Waals surface area contributed by atoms with Crippen LogP contribution in [0.3, 0.4) is 0 Å². The minimum absolute atomic E-state index is 0.233. The Bertz CT molecular complexity index is 869. The average Bonchev–Trinajstić information content (AvgIpc) is 3.16. The van der Waals surface area contributed by atoms with Crippen molar-refractivity contribution in [3.63, 3.8) is 0 Å². The number of nitrogens with zero attached hydrogens (tertiary/aromatic N) is 2. The third-order valence-electron chi connectivity index (χ3n) is 3.11. The third-order valence-corrected chi connectivity index (χ3v) is 4.70. The van der Waals surface area contributed by atoms with E-state index in [-0.39, 0.29) is 5.13 Å². The number of carbonyl (C=O) groups is 1. The van der Waals surface area contributed by atoms with Gasteiger partial charge in [0.05, 0.1) is 11.2 Å². The number of benzene rings is 1. The van der Waals surface area contributed by atoms with E-state index in [0.717, 1.165) is 28.0 Å². The maximum absolute atomic E-state index is 12.8. The molecule has 124 valence electrons. The number of halogens is 3. The molecule has 0 spiro atoms. The van der Waals surface area contributed by atoms with Gasteiger partial charge in [0.25, 0.3) is 5.91 Å². The minimum atomic E-state index is -4.66. The fourth-order valence-corrected chi connectivity index (χ4v) is 3.37. The molecule has 4 nitrogen and oxygen atoms in total. The Morgan fingerprint density at radius 2 is 1.88 bits per heavy atom. The summed E-state index contributed by atoms with van der Waals surface area (Å²) in [5.74, 6) is -0.866. The number of anilines is 1. The molecule has 0 unspecified atom stereocenters. The highest BCUT2D eigenvalue weighted by Gasteiger charge is 2.38. The highest BCUT2D eigenvalue weighted by molar-refractivity contribution is 7.14. The van der Waals surface area contributed by atoms with E-state index in [1.807, 2.05) is 31.2 Å². The number of thiazole rings is 2. The molecule has 3 rings (SSSR count). The summed E-state index contributed by atoms with van der Waals surface area (Å²) in [4.78, 5) is 19.1. The normalized spacial score (nSPS) is 11.5. The molecule has 0 aliphatic carbocycles. The molecule has 0 aliphatic rings. The molecule has 2 heterocycles. The van der Waals surface area contributed by atoms with E-state index < -0.39 is 22.7 Å². The number of alkyl halides is 3. The standard InChI is InChI=1S/C15H10F3N3OS2/c1-8-2-4-9(5-3-8)10-6-23-14(20-10)21-13(22)11-12(15(16,17)18)19-7-24-11/h2-7H,1H3,(H,20,21,22). The second-order valence-corrected chi connectivity index (χ2v) is 6.60. The first-order valence-corrected chi connectivity index (χ1v) is 8.45. The Morgan fingerprint density at radius 3 is 2.54 bits per heavy atom. The number of carbonyl (C=O) groups excluding carboxylic acids is 1. The van der Waals surface area contributed by atoms with Crippen LogP contribution in [0.15, 0.2) is 35.2 Å². The molecule has 0 saturated heterocycles. The van der Waals surface area contributed by atoms with Crippen molar-refractivity contribution < 1.29 is 18.0 Å². The number of hydrogen-bond acceptors (Lipinski definition) is 5. The van der Waals surface area contributed by atoms with E-state index >= 15 is 0 Å². The smallest absolute Gasteiger partial charge is 0.297 e. The number of amides is 1. The molecule has 0 bridgehead atoms. The quantitative estimate of drug-likeness (QED) is 0.718. The lowest BCUT2D eigenvalue weighted by atomic mass is 10.1. The molecule has 1 aromatic carbocycles. The highest BCUT2D eigenvalue weighted by Crippen LogP contribution is 2.33. The second kappa shape index (κ2) is 6.33. The van der Waals surface area contributed by atoms with Crippen LogP contribution in [0, 0.1) is 6.92 Å². The van der Waals surface area contributed by atoms with Gasteiger partial charge in [-0.1, -0.05) is 29.8 Å². The summed E-state index contributed by atoms with van der Waals surface area (Å²) in [7, 11) is 0. The molecule has 0 fully saturated rings. The maximum atomic E-state index is 12.8. The Balaban J connectivity index is 1.79. The Morgan fingerprint density at radius 1 is 1.17 bits per heavy atom. The third kappa shape index (κ3) is 3.46. The van der Waals surface area contributed by atoms with Crippen molar-refractivity contribution in [2.75, 3.05) is 5.32 Å². The number of aryl methyl sites for hydroxylation is 1. The van der Waals surface area contributed by atoms with Crippen LogP contribution in [-0.4, -0.2) is 15.9 Å². The summed E-state index contributed by atoms with van der Waals surface area (Å²) in [6, 6.07) is 7.64. The first-order valence-electron chi connectivity index (χ1n) is 6.69. The van der Waals surface area contributed by atoms with Gasteiger partial charge in [0, 0.05) is 10.9 Å². The van der Waals surface area contributed by atoms with Crippen LogP contribution in [0.25, 0.3) is 11.3 Å². The van der Waals surface area contributed by atoms with Crippen molar-refractivity contribution >= 4 is 33.7 Å². The van der Waals surface area contributed by atoms with E-state index in [4.69, 9.17) is 0 Å². The minimum Gasteiger partial charge on any atom is -0.297 e. The fraction of sp³-hybridized carbons (Fsp3) is 0.133. The van der Waals surface area contributed by atoms with Gasteiger partial charge < -0.3 is 0 Å². The van der Waals surface area contributed by atoms with Crippen molar-refractivity contribution in [2.24, 2.45) is 0 Å². The summed E-state index contributed by atoms with van der Waals surface area (Å²) in [6.45, 7) is 1.96. The average molecular weight is 369 g/mol. The topological polar surface area (TPSA) is 54.9 Å². The zero-order valence-electron chi connectivity index (χ0n) is 12.2. The SMILES string of the molecule is Cc1ccc(-c2csc(NC(=O)c3scnc3C(F)(F)F)n2)cc1. The number of nitrogens with one attached hydrogen (secondary N) is 1. The molecule has 9 heteroatoms. The molecular weight excluding hydrogens is 359 g/mol. The van der Waals surface area contributed by atoms with E-state index in [1.165, 1.54) is 0 Å². The molecule has 0 aliphatic heterocycles. The fourth-order valence-electron chi connectivity index (χ4n) is 1.95. The van der Waals surface area contributed by atoms with Crippen molar-refractivity contribution in [3.8, 4) is 11.3 Å². The Hall–Kier alpha value is -2.26. The predicted molar refractivity (Wildman–Crippen MR) is 87.4 cm³/mol. The van der Waals surface area contributed by atoms with Gasteiger partial charge in [0.1, 0.15) is 4.88 Å². The second-order valence-electron chi connectivity index (χ2n) is 4.89. The van der Waals surface area contributed by atoms with Crippen LogP contribution in [-0.2, 0) is 6.18 Å². The maximum Gasteiger partial charge on any atom is 0.434 e. The summed E-state index contributed by atoms with van der Waals surface area (Å²) in [5, 5.41) is 4.36. The van der Waals surface area contributed by atoms with Crippen LogP contribution in [0.2, 0.25) is 0 Å². The van der Waals surface area contributed by atoms with Crippen LogP contribution in [0.1, 0.15) is 20.9 Å². The summed E-state index contributed by atoms with van der Waals surface area (Å²) in [5.41, 5.74) is 2.44. The Kier molecular flexibility index (Phi) is 4.37. The lowest BCUT2D eigenvalue weighted by molar-refractivity contribution is -0.141. The van der Waals surface area contributed by atoms with E-state index in [9.17, 15) is 18.0 Å². The molecule has 1 N–H and O–H groups in total. The zero-order valence-corrected chi connectivity index (χ0v) is 13.9. The van der Waals surface area contributed by atoms with Gasteiger partial charge in [-0.2, -0.15) is 13.2 Å². The number of rotatable bonds is 3. The predicted octanol–water partition coefficient (Wildman–Crippen LogP) is 4.85. The molecule has 2 aromatic heterocycles. The van der Waals surface area contributed by atoms with Gasteiger partial charge in [0.2, 0.25) is 0 Å². The number of aromatic nitrogens is 2. The summed E-state index contributed by atoms with van der Waals surface area (Å²) in [6.07, 6.45) is -4.66. The summed E-state index contributed by atoms with van der Waals surface area (Å²) >= 11 is 1.79. The molecule has 0 atom stereocenters. The van der Waals surface area contributed by atoms with Gasteiger partial charge in [-0.25, -0.2) is 9.97 Å². The monoisotopic (exact) mass is 369 g/mol. The largest absolute Gasteiger partial charge is 0.434 e. The van der Waals surface area contributed by atoms with Gasteiger partial charge in [-0.3, -0.25) is 10.1 Å². The van der Waals surface area contributed by atoms with Crippen molar-refractivity contribution in [1.29, 1.82) is 0 Å². The molecular formula is C15H10F3N3OS2. The lowest BCUT2D eigenvalue weighted by Gasteiger charge is -2.05. The molecule has 0 saturated carbocycles. The van der Waals surface area contributed by atoms with Crippen LogP contribution < -0.4 is 5.32 Å². The lowest BCUT2D eigenvalue weighted by Crippen LogP contribution is -2.17. The summed E-state index contributed by atoms with van der Waals surface area (Å²) < 4.78 is 38.4.